The van der Waals surface area contributed by atoms with Gasteiger partial charge in [-0.1, -0.05) is 6.92 Å². The van der Waals surface area contributed by atoms with Gasteiger partial charge >= 0.3 is 0 Å². The van der Waals surface area contributed by atoms with E-state index in [1.807, 2.05) is 0 Å². The zero-order chi connectivity index (χ0) is 16.7. The van der Waals surface area contributed by atoms with Crippen molar-refractivity contribution in [3.63, 3.8) is 0 Å². The van der Waals surface area contributed by atoms with E-state index in [1.165, 1.54) is 0 Å². The van der Waals surface area contributed by atoms with E-state index in [4.69, 9.17) is 19.0 Å². The van der Waals surface area contributed by atoms with Crippen LogP contribution in [0.25, 0.3) is 0 Å². The topological polar surface area (TPSA) is 54.7 Å². The third kappa shape index (κ3) is 5.76. The van der Waals surface area contributed by atoms with Crippen LogP contribution in [0.5, 0.6) is 0 Å². The van der Waals surface area contributed by atoms with Gasteiger partial charge in [-0.05, 0) is 41.0 Å². The van der Waals surface area contributed by atoms with Crippen LogP contribution in [0, 0.1) is 11.3 Å². The zero-order valence-electron chi connectivity index (χ0n) is 14.8. The maximum Gasteiger partial charge on any atom is 0.259 e. The zero-order valence-corrected chi connectivity index (χ0v) is 15.7. The molecule has 5 nitrogen and oxygen atoms in total. The van der Waals surface area contributed by atoms with Crippen molar-refractivity contribution in [2.24, 2.45) is 0 Å². The van der Waals surface area contributed by atoms with E-state index in [1.54, 1.807) is 0 Å². The Balaban J connectivity index is 2.78. The van der Waals surface area contributed by atoms with Crippen LogP contribution in [-0.2, 0) is 13.8 Å². The molecule has 0 bridgehead atoms. The van der Waals surface area contributed by atoms with Crippen molar-refractivity contribution in [1.82, 2.24) is 4.67 Å². The van der Waals surface area contributed by atoms with E-state index < -0.39 is 8.53 Å². The molecule has 1 saturated heterocycles. The molecule has 4 unspecified atom stereocenters. The summed E-state index contributed by atoms with van der Waals surface area (Å²) in [5.41, 5.74) is 0. The van der Waals surface area contributed by atoms with Crippen molar-refractivity contribution in [2.75, 3.05) is 6.61 Å². The standard InChI is InChI=1S/C16H31N2O3P/c1-7-15-16(11-14(6)20-15)21-22(19-10-8-9-17)18(12(2)3)13(4)5/h12-16H,7-8,10-11H2,1-6H3. The molecule has 1 heterocycles. The van der Waals surface area contributed by atoms with E-state index >= 15 is 0 Å². The monoisotopic (exact) mass is 330 g/mol. The molecule has 22 heavy (non-hydrogen) atoms. The summed E-state index contributed by atoms with van der Waals surface area (Å²) in [7, 11) is -1.17. The fourth-order valence-corrected chi connectivity index (χ4v) is 4.56. The van der Waals surface area contributed by atoms with Crippen LogP contribution in [0.4, 0.5) is 0 Å². The second kappa shape index (κ2) is 9.80. The fourth-order valence-electron chi connectivity index (χ4n) is 2.80. The lowest BCUT2D eigenvalue weighted by molar-refractivity contribution is 0.0162. The smallest absolute Gasteiger partial charge is 0.259 e. The molecule has 4 atom stereocenters. The molecule has 1 aliphatic heterocycles. The minimum atomic E-state index is -1.17. The van der Waals surface area contributed by atoms with Crippen LogP contribution in [0.3, 0.4) is 0 Å². The van der Waals surface area contributed by atoms with Gasteiger partial charge in [0.15, 0.2) is 0 Å². The summed E-state index contributed by atoms with van der Waals surface area (Å²) in [6.07, 6.45) is 2.69. The van der Waals surface area contributed by atoms with Crippen LogP contribution < -0.4 is 0 Å². The van der Waals surface area contributed by atoms with Crippen LogP contribution >= 0.6 is 8.53 Å². The molecule has 1 fully saturated rings. The van der Waals surface area contributed by atoms with Gasteiger partial charge in [0, 0.05) is 18.5 Å². The summed E-state index contributed by atoms with van der Waals surface area (Å²) in [6.45, 7) is 13.2. The SMILES string of the molecule is CCC1OC(C)CC1OP(OCCC#N)N(C(C)C)C(C)C. The van der Waals surface area contributed by atoms with Crippen LogP contribution in [0.2, 0.25) is 0 Å². The Bertz CT molecular complexity index is 352. The van der Waals surface area contributed by atoms with Gasteiger partial charge in [-0.2, -0.15) is 5.26 Å². The average Bonchev–Trinajstić information content (AvgIpc) is 2.78. The molecular weight excluding hydrogens is 299 g/mol. The Morgan fingerprint density at radius 2 is 1.95 bits per heavy atom. The first-order valence-corrected chi connectivity index (χ1v) is 9.44. The van der Waals surface area contributed by atoms with E-state index in [9.17, 15) is 0 Å². The van der Waals surface area contributed by atoms with Gasteiger partial charge in [-0.3, -0.25) is 0 Å². The summed E-state index contributed by atoms with van der Waals surface area (Å²) in [4.78, 5) is 0. The Hall–Kier alpha value is -0.240. The highest BCUT2D eigenvalue weighted by atomic mass is 31.2. The van der Waals surface area contributed by atoms with Crippen LogP contribution in [-0.4, -0.2) is 41.7 Å². The number of nitrogens with zero attached hydrogens (tertiary/aromatic N) is 2. The minimum Gasteiger partial charge on any atom is -0.372 e. The third-order valence-corrected chi connectivity index (χ3v) is 5.83. The van der Waals surface area contributed by atoms with Gasteiger partial charge in [0.2, 0.25) is 0 Å². The Morgan fingerprint density at radius 3 is 2.45 bits per heavy atom. The Morgan fingerprint density at radius 1 is 1.32 bits per heavy atom. The van der Waals surface area contributed by atoms with Gasteiger partial charge < -0.3 is 13.8 Å². The molecule has 6 heteroatoms. The predicted octanol–water partition coefficient (Wildman–Crippen LogP) is 4.23. The molecule has 0 radical (unpaired) electrons. The first-order chi connectivity index (χ1) is 10.4. The summed E-state index contributed by atoms with van der Waals surface area (Å²) >= 11 is 0. The summed E-state index contributed by atoms with van der Waals surface area (Å²) in [5.74, 6) is 0. The lowest BCUT2D eigenvalue weighted by atomic mass is 10.1. The van der Waals surface area contributed by atoms with Crippen LogP contribution in [0.15, 0.2) is 0 Å². The van der Waals surface area contributed by atoms with E-state index in [2.05, 4.69) is 52.3 Å². The van der Waals surface area contributed by atoms with Crippen molar-refractivity contribution in [1.29, 1.82) is 5.26 Å². The first kappa shape index (κ1) is 19.8. The molecular formula is C16H31N2O3P. The van der Waals surface area contributed by atoms with E-state index in [-0.39, 0.29) is 18.3 Å². The van der Waals surface area contributed by atoms with Gasteiger partial charge in [0.25, 0.3) is 8.53 Å². The summed E-state index contributed by atoms with van der Waals surface area (Å²) < 4.78 is 20.5. The van der Waals surface area contributed by atoms with Crippen molar-refractivity contribution in [3.05, 3.63) is 0 Å². The number of nitriles is 1. The first-order valence-electron chi connectivity index (χ1n) is 8.31. The molecule has 0 spiro atoms. The molecule has 0 aromatic heterocycles. The molecule has 0 amide bonds. The molecule has 0 saturated carbocycles. The molecule has 128 valence electrons. The van der Waals surface area contributed by atoms with Crippen molar-refractivity contribution >= 4 is 8.53 Å². The van der Waals surface area contributed by atoms with Crippen LogP contribution in [0.1, 0.15) is 60.8 Å². The third-order valence-electron chi connectivity index (χ3n) is 3.68. The highest BCUT2D eigenvalue weighted by Gasteiger charge is 2.37. The normalized spacial score (nSPS) is 26.8. The fraction of sp³-hybridized carbons (Fsp3) is 0.938. The largest absolute Gasteiger partial charge is 0.372 e. The maximum atomic E-state index is 8.74. The number of hydrogen-bond donors (Lipinski definition) is 0. The van der Waals surface area contributed by atoms with Crippen molar-refractivity contribution in [3.8, 4) is 6.07 Å². The van der Waals surface area contributed by atoms with Gasteiger partial charge in [0.05, 0.1) is 37.4 Å². The number of hydrogen-bond acceptors (Lipinski definition) is 5. The Labute approximate surface area is 136 Å². The maximum absolute atomic E-state index is 8.74. The molecule has 0 aromatic carbocycles. The van der Waals surface area contributed by atoms with Gasteiger partial charge in [0.1, 0.15) is 0 Å². The quantitative estimate of drug-likeness (QED) is 0.467. The predicted molar refractivity (Wildman–Crippen MR) is 89.3 cm³/mol. The number of rotatable bonds is 9. The van der Waals surface area contributed by atoms with Gasteiger partial charge in [-0.15, -0.1) is 0 Å². The minimum absolute atomic E-state index is 0.0770. The Kier molecular flexibility index (Phi) is 8.82. The van der Waals surface area contributed by atoms with Gasteiger partial charge in [-0.25, -0.2) is 4.67 Å². The lowest BCUT2D eigenvalue weighted by Crippen LogP contribution is -2.35. The average molecular weight is 330 g/mol. The molecule has 0 aliphatic carbocycles. The van der Waals surface area contributed by atoms with E-state index in [0.717, 1.165) is 12.8 Å². The number of ether oxygens (including phenoxy) is 1. The molecule has 1 rings (SSSR count). The summed E-state index contributed by atoms with van der Waals surface area (Å²) in [5, 5.41) is 8.74. The lowest BCUT2D eigenvalue weighted by Gasteiger charge is -2.37. The molecule has 1 aliphatic rings. The van der Waals surface area contributed by atoms with E-state index in [0.29, 0.717) is 25.1 Å². The second-order valence-corrected chi connectivity index (χ2v) is 7.73. The van der Waals surface area contributed by atoms with Crippen molar-refractivity contribution < 1.29 is 13.8 Å². The highest BCUT2D eigenvalue weighted by molar-refractivity contribution is 7.44. The molecule has 0 N–H and O–H groups in total. The summed E-state index contributed by atoms with van der Waals surface area (Å²) in [6, 6.07) is 2.78. The second-order valence-electron chi connectivity index (χ2n) is 6.32. The van der Waals surface area contributed by atoms with Crippen molar-refractivity contribution in [2.45, 2.75) is 91.2 Å². The molecule has 0 aromatic rings. The highest BCUT2D eigenvalue weighted by Crippen LogP contribution is 2.49.